The average molecular weight is 651 g/mol. The zero-order chi connectivity index (χ0) is 28.3. The Balaban J connectivity index is 0.000000350. The molecule has 1 unspecified atom stereocenters. The molecule has 3 heteroatoms. The number of benzene rings is 3. The van der Waals surface area contributed by atoms with Crippen molar-refractivity contribution in [3.05, 3.63) is 118 Å². The minimum Gasteiger partial charge on any atom is -1.00 e. The van der Waals surface area contributed by atoms with Crippen molar-refractivity contribution < 1.29 is 49.0 Å². The average Bonchev–Trinajstić information content (AvgIpc) is 3.35. The van der Waals surface area contributed by atoms with Crippen molar-refractivity contribution in [1.29, 1.82) is 0 Å². The monoisotopic (exact) mass is 648 g/mol. The number of fused-ring (bicyclic) bond motifs is 3. The van der Waals surface area contributed by atoms with Crippen LogP contribution in [0.25, 0.3) is 11.1 Å². The molecule has 2 aliphatic rings. The third-order valence-corrected chi connectivity index (χ3v) is 7.98. The topological polar surface area (TPSA) is 0 Å². The maximum Gasteiger partial charge on any atom is -1.00 e. The Morgan fingerprint density at radius 3 is 1.82 bits per heavy atom. The van der Waals surface area contributed by atoms with Gasteiger partial charge in [-0.3, -0.25) is 6.08 Å². The van der Waals surface area contributed by atoms with Crippen molar-refractivity contribution in [1.82, 2.24) is 0 Å². The molecule has 0 saturated heterocycles. The molecule has 0 saturated carbocycles. The van der Waals surface area contributed by atoms with E-state index in [0.717, 1.165) is 6.42 Å². The van der Waals surface area contributed by atoms with Gasteiger partial charge in [0.25, 0.3) is 0 Å². The maximum absolute atomic E-state index is 3.53. The van der Waals surface area contributed by atoms with Crippen molar-refractivity contribution in [3.63, 3.8) is 0 Å². The second-order valence-corrected chi connectivity index (χ2v) is 14.6. The zero-order valence-corrected chi connectivity index (χ0v) is 29.9. The van der Waals surface area contributed by atoms with Gasteiger partial charge in [0.1, 0.15) is 0 Å². The first-order chi connectivity index (χ1) is 17.7. The van der Waals surface area contributed by atoms with Crippen LogP contribution in [0.5, 0.6) is 0 Å². The largest absolute Gasteiger partial charge is 1.00 e. The van der Waals surface area contributed by atoms with Gasteiger partial charge in [-0.15, -0.1) is 12.5 Å². The van der Waals surface area contributed by atoms with Crippen LogP contribution in [-0.2, 0) is 41.5 Å². The molecule has 0 amide bonds. The van der Waals surface area contributed by atoms with Gasteiger partial charge in [0, 0.05) is 0 Å². The van der Waals surface area contributed by atoms with E-state index >= 15 is 0 Å². The van der Waals surface area contributed by atoms with Crippen molar-refractivity contribution >= 4 is 3.21 Å². The van der Waals surface area contributed by atoms with Gasteiger partial charge < -0.3 is 24.8 Å². The van der Waals surface area contributed by atoms with Crippen molar-refractivity contribution in [2.24, 2.45) is 5.92 Å². The quantitative estimate of drug-likeness (QED) is 0.276. The molecule has 212 valence electrons. The van der Waals surface area contributed by atoms with Crippen LogP contribution in [0.15, 0.2) is 77.9 Å². The molecule has 40 heavy (non-hydrogen) atoms. The van der Waals surface area contributed by atoms with Crippen molar-refractivity contribution in [2.75, 3.05) is 0 Å². The van der Waals surface area contributed by atoms with Crippen LogP contribution in [0.2, 0.25) is 0 Å². The third kappa shape index (κ3) is 9.79. The van der Waals surface area contributed by atoms with E-state index in [1.54, 1.807) is 0 Å². The first-order valence-corrected chi connectivity index (χ1v) is 15.0. The van der Waals surface area contributed by atoms with Gasteiger partial charge in [-0.2, -0.15) is 35.4 Å². The Hall–Kier alpha value is -1.53. The summed E-state index contributed by atoms with van der Waals surface area (Å²) in [7, 11) is 0. The molecule has 0 heterocycles. The molecule has 3 aromatic rings. The number of rotatable bonds is 1. The van der Waals surface area contributed by atoms with Gasteiger partial charge in [-0.25, -0.2) is 11.1 Å². The molecule has 2 aliphatic carbocycles. The van der Waals surface area contributed by atoms with Crippen LogP contribution < -0.4 is 24.8 Å². The van der Waals surface area contributed by atoms with Gasteiger partial charge in [0.2, 0.25) is 0 Å². The normalized spacial score (nSPS) is 14.9. The van der Waals surface area contributed by atoms with E-state index in [1.807, 2.05) is 6.07 Å². The second-order valence-electron chi connectivity index (χ2n) is 12.7. The minimum absolute atomic E-state index is 0. The van der Waals surface area contributed by atoms with E-state index in [9.17, 15) is 0 Å². The fraction of sp³-hybridized carbons (Fsp3) is 0.378. The first-order valence-electron chi connectivity index (χ1n) is 13.7. The Morgan fingerprint density at radius 1 is 0.825 bits per heavy atom. The van der Waals surface area contributed by atoms with Gasteiger partial charge >= 0.3 is 70.3 Å². The maximum atomic E-state index is 3.53. The summed E-state index contributed by atoms with van der Waals surface area (Å²) in [6, 6.07) is 25.5. The first kappa shape index (κ1) is 36.5. The Morgan fingerprint density at radius 2 is 1.40 bits per heavy atom. The fourth-order valence-electron chi connectivity index (χ4n) is 4.67. The number of hydrogen-bond acceptors (Lipinski definition) is 0. The van der Waals surface area contributed by atoms with Crippen LogP contribution in [0, 0.1) is 18.1 Å². The van der Waals surface area contributed by atoms with Crippen LogP contribution in [-0.4, -0.2) is 3.21 Å². The summed E-state index contributed by atoms with van der Waals surface area (Å²) in [6.07, 6.45) is 6.55. The van der Waals surface area contributed by atoms with E-state index in [0.29, 0.717) is 5.92 Å². The summed E-state index contributed by atoms with van der Waals surface area (Å²) in [6.45, 7) is 22.2. The summed E-state index contributed by atoms with van der Waals surface area (Å²) < 4.78 is 1.46. The summed E-state index contributed by atoms with van der Waals surface area (Å²) in [5.74, 6) is 0.551. The summed E-state index contributed by atoms with van der Waals surface area (Å²) in [5, 5.41) is 0. The van der Waals surface area contributed by atoms with Crippen LogP contribution in [0.1, 0.15) is 97.1 Å². The smallest absolute Gasteiger partial charge is 1.00 e. The van der Waals surface area contributed by atoms with Gasteiger partial charge in [-0.05, 0) is 17.4 Å². The fourth-order valence-corrected chi connectivity index (χ4v) is 5.08. The second kappa shape index (κ2) is 15.1. The predicted molar refractivity (Wildman–Crippen MR) is 162 cm³/mol. The molecule has 5 rings (SSSR count). The molecule has 1 atom stereocenters. The van der Waals surface area contributed by atoms with Crippen LogP contribution >= 0.6 is 0 Å². The van der Waals surface area contributed by atoms with E-state index in [1.165, 1.54) is 77.5 Å². The number of halogens is 2. The molecule has 0 aliphatic heterocycles. The third-order valence-electron chi connectivity index (χ3n) is 7.27. The summed E-state index contributed by atoms with van der Waals surface area (Å²) >= 11 is 1.51. The standard InChI is InChI=1S/C21H25.C8H11.C8H8.2ClH.Zr/c1-20(2,3)16-9-7-14-11-15-8-10-17(21(4,5)6)13-19(15)18(14)12-16;1-6-4-7(2)8(3)5-6;1-2-8-6-4-3-5-7-8;;;/h7,9-10,12-13H,11H2,1-6H3;4,6H,1-3H3;3-7H,1H3;2*1H;/q2*-1;;;;+2/p-2. The molecule has 0 nitrogen and oxygen atoms in total. The van der Waals surface area contributed by atoms with Crippen LogP contribution in [0.3, 0.4) is 0 Å². The Labute approximate surface area is 271 Å². The van der Waals surface area contributed by atoms with Gasteiger partial charge in [-0.1, -0.05) is 96.0 Å². The molecule has 0 radical (unpaired) electrons. The number of allylic oxidation sites excluding steroid dienone is 4. The van der Waals surface area contributed by atoms with Gasteiger partial charge in [0.05, 0.1) is 0 Å². The number of hydrogen-bond donors (Lipinski definition) is 0. The SMILES string of the molecule is CC(C)(C)c1c[c-]c2c(c1)-c1cc(C(C)(C)C)ccc1C2.CC1=[C-]C(C)C=C1C.C[C](=[Zr+2])c1ccccc1.[Cl-].[Cl-]. The Bertz CT molecular complexity index is 1270. The molecule has 0 bridgehead atoms. The summed E-state index contributed by atoms with van der Waals surface area (Å²) in [5.41, 5.74) is 12.8. The molecule has 0 N–H and O–H groups in total. The zero-order valence-electron chi connectivity index (χ0n) is 25.9. The van der Waals surface area contributed by atoms with Crippen molar-refractivity contribution in [3.8, 4) is 11.1 Å². The molecular weight excluding hydrogens is 607 g/mol. The molecule has 0 aromatic heterocycles. The molecular formula is C37H44Cl2Zr-2. The molecule has 0 fully saturated rings. The van der Waals surface area contributed by atoms with E-state index < -0.39 is 0 Å². The van der Waals surface area contributed by atoms with E-state index in [4.69, 9.17) is 0 Å². The van der Waals surface area contributed by atoms with E-state index in [2.05, 4.69) is 142 Å². The minimum atomic E-state index is 0. The predicted octanol–water partition coefficient (Wildman–Crippen LogP) is 3.77. The molecule has 3 aromatic carbocycles. The Kier molecular flexibility index (Phi) is 13.8. The van der Waals surface area contributed by atoms with Gasteiger partial charge in [0.15, 0.2) is 0 Å². The van der Waals surface area contributed by atoms with E-state index in [-0.39, 0.29) is 35.6 Å². The van der Waals surface area contributed by atoms with Crippen LogP contribution in [0.4, 0.5) is 0 Å². The van der Waals surface area contributed by atoms with Crippen molar-refractivity contribution in [2.45, 2.75) is 86.5 Å². The molecule has 0 spiro atoms. The summed E-state index contributed by atoms with van der Waals surface area (Å²) in [4.78, 5) is 0.